The van der Waals surface area contributed by atoms with Gasteiger partial charge in [-0.1, -0.05) is 0 Å². The quantitative estimate of drug-likeness (QED) is 0.656. The average molecular weight is 304 g/mol. The van der Waals surface area contributed by atoms with Gasteiger partial charge in [0.15, 0.2) is 5.82 Å². The van der Waals surface area contributed by atoms with E-state index in [4.69, 9.17) is 5.11 Å². The van der Waals surface area contributed by atoms with Crippen molar-refractivity contribution in [2.75, 3.05) is 16.6 Å². The Kier molecular flexibility index (Phi) is 3.34. The maximum atomic E-state index is 14.1. The smallest absolute Gasteiger partial charge is 0.339 e. The number of rotatable bonds is 3. The Morgan fingerprint density at radius 1 is 1.45 bits per heavy atom. The zero-order valence-corrected chi connectivity index (χ0v) is 10.8. The number of aromatic carboxylic acids is 1. The summed E-state index contributed by atoms with van der Waals surface area (Å²) < 4.78 is 38.2. The first-order chi connectivity index (χ1) is 9.24. The van der Waals surface area contributed by atoms with Crippen molar-refractivity contribution in [2.45, 2.75) is 6.42 Å². The highest BCUT2D eigenvalue weighted by molar-refractivity contribution is 7.93. The number of non-ortho nitro benzene ring substituents is 1. The lowest BCUT2D eigenvalue weighted by Gasteiger charge is -2.18. The number of nitrogens with zero attached hydrogens (tertiary/aromatic N) is 2. The molecule has 1 aromatic rings. The Hall–Kier alpha value is -2.23. The Morgan fingerprint density at radius 2 is 2.10 bits per heavy atom. The molecule has 20 heavy (non-hydrogen) atoms. The van der Waals surface area contributed by atoms with Crippen molar-refractivity contribution in [2.24, 2.45) is 0 Å². The van der Waals surface area contributed by atoms with E-state index in [9.17, 15) is 27.7 Å². The molecule has 1 aliphatic rings. The minimum Gasteiger partial charge on any atom is -0.478 e. The van der Waals surface area contributed by atoms with Gasteiger partial charge in [0.1, 0.15) is 5.56 Å². The Morgan fingerprint density at radius 3 is 2.55 bits per heavy atom. The van der Waals surface area contributed by atoms with Crippen LogP contribution < -0.4 is 4.31 Å². The number of anilines is 1. The standard InChI is InChI=1S/C10H9FN2O6S/c11-9-7(10(14)15)4-6(13(16)17)5-8(9)12-2-1-3-20(12,18)19/h4-5H,1-3H2,(H,14,15). The number of nitro groups is 1. The third kappa shape index (κ3) is 2.29. The molecule has 1 aliphatic heterocycles. The van der Waals surface area contributed by atoms with Crippen molar-refractivity contribution >= 4 is 27.4 Å². The molecule has 0 unspecified atom stereocenters. The van der Waals surface area contributed by atoms with Gasteiger partial charge in [0.2, 0.25) is 10.0 Å². The lowest BCUT2D eigenvalue weighted by Crippen LogP contribution is -2.26. The Labute approximate surface area is 112 Å². The fourth-order valence-electron chi connectivity index (χ4n) is 1.95. The van der Waals surface area contributed by atoms with Crippen LogP contribution in [-0.4, -0.2) is 36.7 Å². The second kappa shape index (κ2) is 4.71. The molecule has 0 aromatic heterocycles. The van der Waals surface area contributed by atoms with Crippen LogP contribution in [0.15, 0.2) is 12.1 Å². The van der Waals surface area contributed by atoms with Gasteiger partial charge in [-0.05, 0) is 6.42 Å². The summed E-state index contributed by atoms with van der Waals surface area (Å²) in [6.45, 7) is -0.0422. The van der Waals surface area contributed by atoms with Crippen LogP contribution >= 0.6 is 0 Å². The number of carbonyl (C=O) groups is 1. The number of benzene rings is 1. The lowest BCUT2D eigenvalue weighted by atomic mass is 10.1. The Balaban J connectivity index is 2.69. The molecule has 1 aromatic carbocycles. The molecule has 8 nitrogen and oxygen atoms in total. The van der Waals surface area contributed by atoms with Crippen LogP contribution in [0.3, 0.4) is 0 Å². The molecule has 1 heterocycles. The topological polar surface area (TPSA) is 118 Å². The minimum atomic E-state index is -3.77. The monoisotopic (exact) mass is 304 g/mol. The van der Waals surface area contributed by atoms with Gasteiger partial charge in [-0.2, -0.15) is 0 Å². The summed E-state index contributed by atoms with van der Waals surface area (Å²) in [5.74, 6) is -3.21. The van der Waals surface area contributed by atoms with Gasteiger partial charge in [-0.25, -0.2) is 17.6 Å². The number of hydrogen-bond acceptors (Lipinski definition) is 5. The molecule has 1 N–H and O–H groups in total. The van der Waals surface area contributed by atoms with Crippen LogP contribution in [0.25, 0.3) is 0 Å². The van der Waals surface area contributed by atoms with Crippen molar-refractivity contribution in [3.8, 4) is 0 Å². The van der Waals surface area contributed by atoms with E-state index in [1.54, 1.807) is 0 Å². The van der Waals surface area contributed by atoms with E-state index in [1.807, 2.05) is 0 Å². The van der Waals surface area contributed by atoms with Gasteiger partial charge in [0, 0.05) is 18.7 Å². The van der Waals surface area contributed by atoms with Crippen molar-refractivity contribution in [3.05, 3.63) is 33.6 Å². The van der Waals surface area contributed by atoms with Crippen LogP contribution in [0.5, 0.6) is 0 Å². The highest BCUT2D eigenvalue weighted by Gasteiger charge is 2.33. The van der Waals surface area contributed by atoms with E-state index in [-0.39, 0.29) is 18.7 Å². The fourth-order valence-corrected chi connectivity index (χ4v) is 3.50. The van der Waals surface area contributed by atoms with Gasteiger partial charge in [0.25, 0.3) is 5.69 Å². The molecular weight excluding hydrogens is 295 g/mol. The van der Waals surface area contributed by atoms with Gasteiger partial charge in [-0.3, -0.25) is 14.4 Å². The maximum absolute atomic E-state index is 14.1. The molecule has 10 heteroatoms. The molecule has 0 saturated carbocycles. The Bertz CT molecular complexity index is 702. The summed E-state index contributed by atoms with van der Waals surface area (Å²) in [5.41, 5.74) is -2.22. The van der Waals surface area contributed by atoms with Crippen LogP contribution in [-0.2, 0) is 10.0 Å². The van der Waals surface area contributed by atoms with E-state index >= 15 is 0 Å². The minimum absolute atomic E-state index is 0.0422. The van der Waals surface area contributed by atoms with E-state index in [0.717, 1.165) is 6.07 Å². The molecule has 0 spiro atoms. The maximum Gasteiger partial charge on any atom is 0.339 e. The molecule has 1 fully saturated rings. The van der Waals surface area contributed by atoms with Crippen molar-refractivity contribution in [1.29, 1.82) is 0 Å². The highest BCUT2D eigenvalue weighted by atomic mass is 32.2. The normalized spacial score (nSPS) is 17.1. The zero-order valence-electron chi connectivity index (χ0n) is 9.95. The van der Waals surface area contributed by atoms with Gasteiger partial charge >= 0.3 is 5.97 Å². The molecular formula is C10H9FN2O6S. The van der Waals surface area contributed by atoms with Crippen LogP contribution in [0.1, 0.15) is 16.8 Å². The summed E-state index contributed by atoms with van der Waals surface area (Å²) in [4.78, 5) is 20.7. The summed E-state index contributed by atoms with van der Waals surface area (Å²) in [7, 11) is -3.77. The second-order valence-corrected chi connectivity index (χ2v) is 6.14. The van der Waals surface area contributed by atoms with Gasteiger partial charge < -0.3 is 5.11 Å². The van der Waals surface area contributed by atoms with Crippen LogP contribution in [0.4, 0.5) is 15.8 Å². The van der Waals surface area contributed by atoms with E-state index in [2.05, 4.69) is 0 Å². The van der Waals surface area contributed by atoms with Crippen LogP contribution in [0, 0.1) is 15.9 Å². The lowest BCUT2D eigenvalue weighted by molar-refractivity contribution is -0.384. The van der Waals surface area contributed by atoms with Crippen molar-refractivity contribution in [3.63, 3.8) is 0 Å². The first-order valence-corrected chi connectivity index (χ1v) is 7.06. The average Bonchev–Trinajstić information content (AvgIpc) is 2.68. The SMILES string of the molecule is O=C(O)c1cc([N+](=O)[O-])cc(N2CCCS2(=O)=O)c1F. The van der Waals surface area contributed by atoms with E-state index in [0.29, 0.717) is 10.4 Å². The summed E-state index contributed by atoms with van der Waals surface area (Å²) >= 11 is 0. The zero-order chi connectivity index (χ0) is 15.1. The summed E-state index contributed by atoms with van der Waals surface area (Å²) in [5, 5.41) is 19.6. The molecule has 0 amide bonds. The van der Waals surface area contributed by atoms with Crippen molar-refractivity contribution in [1.82, 2.24) is 0 Å². The van der Waals surface area contributed by atoms with E-state index < -0.39 is 43.7 Å². The van der Waals surface area contributed by atoms with E-state index in [1.165, 1.54) is 0 Å². The number of sulfonamides is 1. The second-order valence-electron chi connectivity index (χ2n) is 4.13. The summed E-state index contributed by atoms with van der Waals surface area (Å²) in [6, 6.07) is 1.29. The molecule has 2 rings (SSSR count). The molecule has 0 aliphatic carbocycles. The number of carboxylic acid groups (broad SMARTS) is 1. The first-order valence-electron chi connectivity index (χ1n) is 5.45. The molecule has 108 valence electrons. The largest absolute Gasteiger partial charge is 0.478 e. The van der Waals surface area contributed by atoms with Gasteiger partial charge in [0.05, 0.1) is 16.4 Å². The van der Waals surface area contributed by atoms with Crippen LogP contribution in [0.2, 0.25) is 0 Å². The molecule has 0 radical (unpaired) electrons. The number of nitro benzene ring substituents is 1. The molecule has 0 atom stereocenters. The first kappa shape index (κ1) is 14.2. The van der Waals surface area contributed by atoms with Gasteiger partial charge in [-0.15, -0.1) is 0 Å². The number of halogens is 1. The molecule has 1 saturated heterocycles. The summed E-state index contributed by atoms with van der Waals surface area (Å²) in [6.07, 6.45) is 0.243. The predicted molar refractivity (Wildman–Crippen MR) is 65.8 cm³/mol. The third-order valence-corrected chi connectivity index (χ3v) is 4.70. The highest BCUT2D eigenvalue weighted by Crippen LogP contribution is 2.32. The predicted octanol–water partition coefficient (Wildman–Crippen LogP) is 0.972. The number of hydrogen-bond donors (Lipinski definition) is 1. The third-order valence-electron chi connectivity index (χ3n) is 2.85. The van der Waals surface area contributed by atoms with Crippen molar-refractivity contribution < 1.29 is 27.6 Å². The number of carboxylic acids is 1. The fraction of sp³-hybridized carbons (Fsp3) is 0.300. The molecule has 0 bridgehead atoms.